The van der Waals surface area contributed by atoms with Crippen LogP contribution in [0, 0.1) is 0 Å². The quantitative estimate of drug-likeness (QED) is 0.846. The summed E-state index contributed by atoms with van der Waals surface area (Å²) >= 11 is 12.3. The molecule has 0 aliphatic carbocycles. The van der Waals surface area contributed by atoms with Crippen molar-refractivity contribution in [1.82, 2.24) is 10.3 Å². The van der Waals surface area contributed by atoms with E-state index in [1.165, 1.54) is 7.11 Å². The highest BCUT2D eigenvalue weighted by Gasteiger charge is 2.24. The Balaban J connectivity index is 2.38. The fourth-order valence-corrected chi connectivity index (χ4v) is 2.76. The predicted octanol–water partition coefficient (Wildman–Crippen LogP) is 2.77. The smallest absolute Gasteiger partial charge is 0.268 e. The van der Waals surface area contributed by atoms with Crippen LogP contribution in [0.5, 0.6) is 5.75 Å². The van der Waals surface area contributed by atoms with Crippen LogP contribution in [0.4, 0.5) is 0 Å². The molecule has 6 heteroatoms. The Bertz CT molecular complexity index is 664. The lowest BCUT2D eigenvalue weighted by Crippen LogP contribution is -2.31. The predicted molar refractivity (Wildman–Crippen MR) is 70.9 cm³/mol. The molecule has 0 bridgehead atoms. The van der Waals surface area contributed by atoms with Gasteiger partial charge in [-0.1, -0.05) is 23.2 Å². The first-order valence-corrected chi connectivity index (χ1v) is 6.23. The number of rotatable bonds is 1. The lowest BCUT2D eigenvalue weighted by molar-refractivity contribution is 0.0942. The zero-order chi connectivity index (χ0) is 12.9. The number of aromatic nitrogens is 1. The minimum Gasteiger partial charge on any atom is -0.495 e. The van der Waals surface area contributed by atoms with E-state index < -0.39 is 0 Å². The Morgan fingerprint density at radius 2 is 2.11 bits per heavy atom. The molecular formula is C12H10Cl2N2O2. The molecular weight excluding hydrogens is 275 g/mol. The minimum absolute atomic E-state index is 0.112. The van der Waals surface area contributed by atoms with Crippen LogP contribution in [0.2, 0.25) is 10.0 Å². The number of carbonyl (C=O) groups is 1. The van der Waals surface area contributed by atoms with Gasteiger partial charge < -0.3 is 15.0 Å². The highest BCUT2D eigenvalue weighted by Crippen LogP contribution is 2.40. The molecule has 0 spiro atoms. The van der Waals surface area contributed by atoms with E-state index in [1.807, 2.05) is 6.07 Å². The Kier molecular flexibility index (Phi) is 2.64. The third-order valence-electron chi connectivity index (χ3n) is 3.16. The summed E-state index contributed by atoms with van der Waals surface area (Å²) in [5.74, 6) is 0.403. The van der Waals surface area contributed by atoms with Gasteiger partial charge in [-0.2, -0.15) is 0 Å². The standard InChI is InChI=1S/C12H10Cl2N2O2/c1-18-7-4-6-5-2-3-15-12(17)11(5)16-10(6)9(14)8(7)13/h4,16H,2-3H2,1H3,(H,15,17). The first-order valence-electron chi connectivity index (χ1n) is 5.48. The molecule has 94 valence electrons. The summed E-state index contributed by atoms with van der Waals surface area (Å²) < 4.78 is 5.19. The minimum atomic E-state index is -0.112. The zero-order valence-corrected chi connectivity index (χ0v) is 11.1. The molecule has 0 fully saturated rings. The average Bonchev–Trinajstić information content (AvgIpc) is 2.74. The van der Waals surface area contributed by atoms with Crippen molar-refractivity contribution in [1.29, 1.82) is 0 Å². The number of methoxy groups -OCH3 is 1. The van der Waals surface area contributed by atoms with Crippen molar-refractivity contribution in [2.45, 2.75) is 6.42 Å². The molecule has 0 saturated carbocycles. The van der Waals surface area contributed by atoms with Gasteiger partial charge in [0.05, 0.1) is 17.6 Å². The Morgan fingerprint density at radius 3 is 2.83 bits per heavy atom. The number of halogens is 2. The number of nitrogens with one attached hydrogen (secondary N) is 2. The number of fused-ring (bicyclic) bond motifs is 3. The number of aromatic amines is 1. The van der Waals surface area contributed by atoms with E-state index in [9.17, 15) is 4.79 Å². The van der Waals surface area contributed by atoms with Crippen molar-refractivity contribution in [2.75, 3.05) is 13.7 Å². The van der Waals surface area contributed by atoms with Gasteiger partial charge in [0.15, 0.2) is 0 Å². The maximum Gasteiger partial charge on any atom is 0.268 e. The molecule has 2 heterocycles. The summed E-state index contributed by atoms with van der Waals surface area (Å²) in [6.45, 7) is 0.626. The molecule has 2 N–H and O–H groups in total. The van der Waals surface area contributed by atoms with E-state index >= 15 is 0 Å². The van der Waals surface area contributed by atoms with Crippen LogP contribution in [0.15, 0.2) is 6.07 Å². The molecule has 0 atom stereocenters. The Morgan fingerprint density at radius 1 is 1.33 bits per heavy atom. The zero-order valence-electron chi connectivity index (χ0n) is 9.56. The van der Waals surface area contributed by atoms with Crippen LogP contribution in [0.25, 0.3) is 10.9 Å². The van der Waals surface area contributed by atoms with Crippen molar-refractivity contribution in [3.05, 3.63) is 27.4 Å². The molecule has 0 saturated heterocycles. The van der Waals surface area contributed by atoms with Crippen molar-refractivity contribution in [2.24, 2.45) is 0 Å². The molecule has 2 aromatic rings. The van der Waals surface area contributed by atoms with Crippen molar-refractivity contribution >= 4 is 40.0 Å². The normalized spacial score (nSPS) is 14.5. The number of hydrogen-bond acceptors (Lipinski definition) is 2. The van der Waals surface area contributed by atoms with E-state index in [0.717, 1.165) is 17.4 Å². The summed E-state index contributed by atoms with van der Waals surface area (Å²) in [6, 6.07) is 1.82. The van der Waals surface area contributed by atoms with Gasteiger partial charge in [0, 0.05) is 11.9 Å². The summed E-state index contributed by atoms with van der Waals surface area (Å²) in [5, 5.41) is 4.41. The first kappa shape index (κ1) is 11.7. The molecule has 0 unspecified atom stereocenters. The van der Waals surface area contributed by atoms with Crippen molar-refractivity contribution < 1.29 is 9.53 Å². The molecule has 1 aromatic heterocycles. The maximum atomic E-state index is 11.8. The average molecular weight is 285 g/mol. The summed E-state index contributed by atoms with van der Waals surface area (Å²) in [5.41, 5.74) is 2.21. The largest absolute Gasteiger partial charge is 0.495 e. The van der Waals surface area contributed by atoms with Gasteiger partial charge in [-0.25, -0.2) is 0 Å². The fraction of sp³-hybridized carbons (Fsp3) is 0.250. The number of amides is 1. The molecule has 1 aliphatic rings. The van der Waals surface area contributed by atoms with Gasteiger partial charge in [-0.15, -0.1) is 0 Å². The molecule has 1 amide bonds. The molecule has 1 aliphatic heterocycles. The van der Waals surface area contributed by atoms with E-state index in [0.29, 0.717) is 33.6 Å². The maximum absolute atomic E-state index is 11.8. The Hall–Kier alpha value is -1.39. The monoisotopic (exact) mass is 284 g/mol. The lowest BCUT2D eigenvalue weighted by Gasteiger charge is -2.12. The van der Waals surface area contributed by atoms with E-state index in [-0.39, 0.29) is 5.91 Å². The highest BCUT2D eigenvalue weighted by molar-refractivity contribution is 6.46. The van der Waals surface area contributed by atoms with Crippen LogP contribution in [0.1, 0.15) is 16.1 Å². The lowest BCUT2D eigenvalue weighted by atomic mass is 10.0. The molecule has 3 rings (SSSR count). The topological polar surface area (TPSA) is 54.1 Å². The van der Waals surface area contributed by atoms with Gasteiger partial charge in [-0.3, -0.25) is 4.79 Å². The number of H-pyrrole nitrogens is 1. The second-order valence-corrected chi connectivity index (χ2v) is 4.87. The van der Waals surface area contributed by atoms with E-state index in [2.05, 4.69) is 10.3 Å². The van der Waals surface area contributed by atoms with Crippen LogP contribution >= 0.6 is 23.2 Å². The first-order chi connectivity index (χ1) is 8.63. The third kappa shape index (κ3) is 1.49. The van der Waals surface area contributed by atoms with Crippen molar-refractivity contribution in [3.8, 4) is 5.75 Å². The van der Waals surface area contributed by atoms with Gasteiger partial charge in [0.1, 0.15) is 16.5 Å². The van der Waals surface area contributed by atoms with E-state index in [4.69, 9.17) is 27.9 Å². The third-order valence-corrected chi connectivity index (χ3v) is 4.01. The summed E-state index contributed by atoms with van der Waals surface area (Å²) in [6.07, 6.45) is 0.766. The van der Waals surface area contributed by atoms with Crippen LogP contribution in [0.3, 0.4) is 0 Å². The van der Waals surface area contributed by atoms with Gasteiger partial charge >= 0.3 is 0 Å². The number of carbonyl (C=O) groups excluding carboxylic acids is 1. The molecule has 1 aromatic carbocycles. The van der Waals surface area contributed by atoms with Gasteiger partial charge in [-0.05, 0) is 18.1 Å². The molecule has 18 heavy (non-hydrogen) atoms. The molecule has 0 radical (unpaired) electrons. The van der Waals surface area contributed by atoms with Crippen LogP contribution in [-0.2, 0) is 6.42 Å². The fourth-order valence-electron chi connectivity index (χ4n) is 2.29. The number of hydrogen-bond donors (Lipinski definition) is 2. The second kappa shape index (κ2) is 4.07. The number of ether oxygens (including phenoxy) is 1. The molecule has 4 nitrogen and oxygen atoms in total. The highest BCUT2D eigenvalue weighted by atomic mass is 35.5. The number of benzene rings is 1. The summed E-state index contributed by atoms with van der Waals surface area (Å²) in [4.78, 5) is 14.8. The SMILES string of the molecule is COc1cc2c3c([nH]c2c(Cl)c1Cl)C(=O)NCC3. The van der Waals surface area contributed by atoms with Gasteiger partial charge in [0.2, 0.25) is 0 Å². The van der Waals surface area contributed by atoms with Crippen LogP contribution < -0.4 is 10.1 Å². The van der Waals surface area contributed by atoms with E-state index in [1.54, 1.807) is 0 Å². The second-order valence-electron chi connectivity index (χ2n) is 4.11. The van der Waals surface area contributed by atoms with Gasteiger partial charge in [0.25, 0.3) is 5.91 Å². The van der Waals surface area contributed by atoms with Crippen LogP contribution in [-0.4, -0.2) is 24.5 Å². The Labute approximate surface area is 113 Å². The van der Waals surface area contributed by atoms with Crippen molar-refractivity contribution in [3.63, 3.8) is 0 Å². The summed E-state index contributed by atoms with van der Waals surface area (Å²) in [7, 11) is 1.54.